The van der Waals surface area contributed by atoms with Gasteiger partial charge in [-0.05, 0) is 62.2 Å². The second kappa shape index (κ2) is 11.7. The molecule has 2 atom stereocenters. The Morgan fingerprint density at radius 2 is 1.74 bits per heavy atom. The molecule has 0 radical (unpaired) electrons. The van der Waals surface area contributed by atoms with Crippen LogP contribution in [0.3, 0.4) is 0 Å². The lowest BCUT2D eigenvalue weighted by atomic mass is 9.94. The van der Waals surface area contributed by atoms with Crippen molar-refractivity contribution in [2.75, 3.05) is 52.6 Å². The number of Topliss-reactive ketones (excluding diaryl/α,β-unsaturated/α-hetero) is 1. The van der Waals surface area contributed by atoms with Crippen LogP contribution < -0.4 is 14.2 Å². The minimum atomic E-state index is -0.774. The van der Waals surface area contributed by atoms with Crippen LogP contribution >= 0.6 is 0 Å². The molecule has 208 valence electrons. The Morgan fingerprint density at radius 1 is 1.00 bits per heavy atom. The first-order valence-electron chi connectivity index (χ1n) is 13.7. The number of carbonyl (C=O) groups is 2. The number of carbonyl (C=O) groups excluding carboxylic acids is 2. The van der Waals surface area contributed by atoms with E-state index in [1.54, 1.807) is 23.1 Å². The summed E-state index contributed by atoms with van der Waals surface area (Å²) in [4.78, 5) is 30.7. The summed E-state index contributed by atoms with van der Waals surface area (Å²) in [5.41, 5.74) is 2.19. The smallest absolute Gasteiger partial charge is 0.295 e. The molecule has 5 rings (SSSR count). The molecule has 1 amide bonds. The second-order valence-corrected chi connectivity index (χ2v) is 9.97. The number of likely N-dealkylation sites (tertiary alicyclic amines) is 1. The van der Waals surface area contributed by atoms with Gasteiger partial charge in [0.25, 0.3) is 11.7 Å². The fourth-order valence-electron chi connectivity index (χ4n) is 5.49. The number of hydrogen-bond donors (Lipinski definition) is 1. The molecule has 0 aromatic heterocycles. The Bertz CT molecular complexity index is 1270. The molecule has 0 saturated carbocycles. The van der Waals surface area contributed by atoms with Crippen molar-refractivity contribution in [3.63, 3.8) is 0 Å². The molecule has 3 aliphatic heterocycles. The number of ketones is 1. The van der Waals surface area contributed by atoms with Crippen LogP contribution in [0.5, 0.6) is 17.2 Å². The molecule has 2 aromatic rings. The average Bonchev–Trinajstić information content (AvgIpc) is 3.44. The number of nitrogens with zero attached hydrogens (tertiary/aromatic N) is 2. The van der Waals surface area contributed by atoms with Crippen LogP contribution in [0.25, 0.3) is 5.76 Å². The van der Waals surface area contributed by atoms with Crippen molar-refractivity contribution in [3.8, 4) is 17.2 Å². The molecule has 2 saturated heterocycles. The molecule has 39 heavy (non-hydrogen) atoms. The molecule has 9 heteroatoms. The van der Waals surface area contributed by atoms with Crippen LogP contribution in [0.4, 0.5) is 0 Å². The highest BCUT2D eigenvalue weighted by Gasteiger charge is 2.46. The van der Waals surface area contributed by atoms with E-state index in [0.717, 1.165) is 24.4 Å². The first kappa shape index (κ1) is 27.0. The summed E-state index contributed by atoms with van der Waals surface area (Å²) >= 11 is 0. The van der Waals surface area contributed by atoms with Gasteiger partial charge in [-0.1, -0.05) is 6.07 Å². The number of rotatable bonds is 9. The summed E-state index contributed by atoms with van der Waals surface area (Å²) in [5, 5.41) is 11.5. The number of amides is 1. The molecule has 9 nitrogen and oxygen atoms in total. The van der Waals surface area contributed by atoms with Crippen molar-refractivity contribution in [2.24, 2.45) is 0 Å². The molecule has 2 fully saturated rings. The zero-order chi connectivity index (χ0) is 27.5. The van der Waals surface area contributed by atoms with E-state index in [-0.39, 0.29) is 17.4 Å². The molecule has 1 N–H and O–H groups in total. The topological polar surface area (TPSA) is 97.8 Å². The van der Waals surface area contributed by atoms with Gasteiger partial charge < -0.3 is 29.0 Å². The van der Waals surface area contributed by atoms with Crippen LogP contribution in [0.15, 0.2) is 42.0 Å². The lowest BCUT2D eigenvalue weighted by Crippen LogP contribution is -2.42. The zero-order valence-corrected chi connectivity index (χ0v) is 22.8. The quantitative estimate of drug-likeness (QED) is 0.295. The van der Waals surface area contributed by atoms with Gasteiger partial charge in [0.2, 0.25) is 0 Å². The molecular weight excluding hydrogens is 500 g/mol. The highest BCUT2D eigenvalue weighted by Crippen LogP contribution is 2.42. The van der Waals surface area contributed by atoms with E-state index in [2.05, 4.69) is 4.90 Å². The monoisotopic (exact) mass is 536 g/mol. The number of aliphatic hydroxyl groups excluding tert-OH is 1. The van der Waals surface area contributed by atoms with Crippen molar-refractivity contribution in [1.29, 1.82) is 0 Å². The molecule has 3 heterocycles. The average molecular weight is 537 g/mol. The van der Waals surface area contributed by atoms with Crippen LogP contribution in [-0.2, 0) is 20.7 Å². The van der Waals surface area contributed by atoms with Crippen molar-refractivity contribution >= 4 is 17.4 Å². The predicted molar refractivity (Wildman–Crippen MR) is 145 cm³/mol. The predicted octanol–water partition coefficient (Wildman–Crippen LogP) is 3.56. The number of hydrogen-bond acceptors (Lipinski definition) is 8. The van der Waals surface area contributed by atoms with Crippen LogP contribution in [0, 0.1) is 0 Å². The first-order valence-corrected chi connectivity index (χ1v) is 13.7. The van der Waals surface area contributed by atoms with Crippen LogP contribution in [-0.4, -0.2) is 85.3 Å². The maximum Gasteiger partial charge on any atom is 0.295 e. The lowest BCUT2D eigenvalue weighted by Gasteiger charge is -2.31. The highest BCUT2D eigenvalue weighted by molar-refractivity contribution is 6.46. The van der Waals surface area contributed by atoms with E-state index in [0.29, 0.717) is 68.6 Å². The van der Waals surface area contributed by atoms with Gasteiger partial charge in [0, 0.05) is 38.2 Å². The van der Waals surface area contributed by atoms with Crippen LogP contribution in [0.1, 0.15) is 43.5 Å². The Hall–Kier alpha value is -3.56. The number of aliphatic hydroxyl groups is 1. The highest BCUT2D eigenvalue weighted by atomic mass is 16.5. The third-order valence-corrected chi connectivity index (χ3v) is 7.35. The zero-order valence-electron chi connectivity index (χ0n) is 22.8. The van der Waals surface area contributed by atoms with Gasteiger partial charge >= 0.3 is 0 Å². The third-order valence-electron chi connectivity index (χ3n) is 7.35. The minimum absolute atomic E-state index is 0.0454. The lowest BCUT2D eigenvalue weighted by molar-refractivity contribution is -0.140. The van der Waals surface area contributed by atoms with Gasteiger partial charge in [-0.3, -0.25) is 14.5 Å². The van der Waals surface area contributed by atoms with Crippen molar-refractivity contribution in [1.82, 2.24) is 9.80 Å². The molecule has 0 bridgehead atoms. The fraction of sp³-hybridized carbons (Fsp3) is 0.467. The van der Waals surface area contributed by atoms with Gasteiger partial charge in [-0.2, -0.15) is 0 Å². The van der Waals surface area contributed by atoms with Crippen molar-refractivity contribution in [2.45, 2.75) is 39.3 Å². The molecule has 2 aromatic carbocycles. The Kier molecular flexibility index (Phi) is 8.09. The van der Waals surface area contributed by atoms with E-state index in [4.69, 9.17) is 18.9 Å². The van der Waals surface area contributed by atoms with Gasteiger partial charge in [-0.25, -0.2) is 0 Å². The largest absolute Gasteiger partial charge is 0.507 e. The Balaban J connectivity index is 1.57. The minimum Gasteiger partial charge on any atom is -0.507 e. The van der Waals surface area contributed by atoms with Crippen molar-refractivity contribution < 1.29 is 33.6 Å². The molecule has 0 unspecified atom stereocenters. The number of fused-ring (bicyclic) bond motifs is 1. The standard InChI is InChI=1S/C30H36N2O7/c1-4-37-24-9-6-20(18-25(24)38-5-2)27-26(28(33)21-7-8-23-22(17-21)16-19(3)39-23)29(34)30(35)32(27)11-10-31-12-14-36-15-13-31/h6-9,17-19,27,33H,4-5,10-16H2,1-3H3/t19-,27+/m1/s1. The number of morpholine rings is 1. The number of ether oxygens (including phenoxy) is 4. The summed E-state index contributed by atoms with van der Waals surface area (Å²) < 4.78 is 22.8. The van der Waals surface area contributed by atoms with Gasteiger partial charge in [0.1, 0.15) is 17.6 Å². The normalized spacial score (nSPS) is 22.6. The Labute approximate surface area is 228 Å². The molecule has 0 aliphatic carbocycles. The third kappa shape index (κ3) is 5.46. The number of benzene rings is 2. The maximum atomic E-state index is 13.5. The van der Waals surface area contributed by atoms with E-state index >= 15 is 0 Å². The SMILES string of the molecule is CCOc1ccc([C@H]2C(=C(O)c3ccc4c(c3)C[C@@H](C)O4)C(=O)C(=O)N2CCN2CCOCC2)cc1OCC. The van der Waals surface area contributed by atoms with Gasteiger partial charge in [-0.15, -0.1) is 0 Å². The fourth-order valence-corrected chi connectivity index (χ4v) is 5.49. The van der Waals surface area contributed by atoms with Gasteiger partial charge in [0.05, 0.1) is 38.0 Å². The maximum absolute atomic E-state index is 13.5. The summed E-state index contributed by atoms with van der Waals surface area (Å²) in [6.07, 6.45) is 0.758. The first-order chi connectivity index (χ1) is 18.9. The van der Waals surface area contributed by atoms with Crippen LogP contribution in [0.2, 0.25) is 0 Å². The Morgan fingerprint density at radius 3 is 2.49 bits per heavy atom. The summed E-state index contributed by atoms with van der Waals surface area (Å²) in [7, 11) is 0. The molecule has 0 spiro atoms. The van der Waals surface area contributed by atoms with Gasteiger partial charge in [0.15, 0.2) is 11.5 Å². The van der Waals surface area contributed by atoms with E-state index < -0.39 is 17.7 Å². The van der Waals surface area contributed by atoms with E-state index in [1.165, 1.54) is 0 Å². The van der Waals surface area contributed by atoms with E-state index in [9.17, 15) is 14.7 Å². The second-order valence-electron chi connectivity index (χ2n) is 9.97. The summed E-state index contributed by atoms with van der Waals surface area (Å²) in [6, 6.07) is 10.0. The van der Waals surface area contributed by atoms with E-state index in [1.807, 2.05) is 39.0 Å². The molecule has 3 aliphatic rings. The van der Waals surface area contributed by atoms with Crippen molar-refractivity contribution in [3.05, 3.63) is 58.7 Å². The molecular formula is C30H36N2O7. The summed E-state index contributed by atoms with van der Waals surface area (Å²) in [5.74, 6) is 0.368. The summed E-state index contributed by atoms with van der Waals surface area (Å²) in [6.45, 7) is 10.4.